The zero-order chi connectivity index (χ0) is 23.0. The SMILES string of the molecule is COc1ccc([C@H]2C[C@@H](C(F)(F)F)n3nc(C(=O)N4CCC(C)CC4)cc3N2)cc1OC. The third kappa shape index (κ3) is 4.22. The number of hydrogen-bond donors (Lipinski definition) is 1. The Bertz CT molecular complexity index is 983. The lowest BCUT2D eigenvalue weighted by molar-refractivity contribution is -0.173. The Hall–Kier alpha value is -2.91. The number of ether oxygens (including phenoxy) is 2. The van der Waals surface area contributed by atoms with E-state index in [2.05, 4.69) is 17.3 Å². The van der Waals surface area contributed by atoms with E-state index in [1.165, 1.54) is 20.3 Å². The molecule has 0 bridgehead atoms. The molecule has 1 fully saturated rings. The van der Waals surface area contributed by atoms with Crippen molar-refractivity contribution in [3.8, 4) is 11.5 Å². The van der Waals surface area contributed by atoms with E-state index in [1.807, 2.05) is 0 Å². The maximum absolute atomic E-state index is 14.0. The van der Waals surface area contributed by atoms with Gasteiger partial charge in [-0.05, 0) is 36.5 Å². The molecule has 2 aliphatic rings. The first-order valence-corrected chi connectivity index (χ1v) is 10.6. The van der Waals surface area contributed by atoms with Crippen molar-refractivity contribution < 1.29 is 27.4 Å². The van der Waals surface area contributed by atoms with Gasteiger partial charge in [0.1, 0.15) is 5.82 Å². The maximum Gasteiger partial charge on any atom is 0.410 e. The number of hydrogen-bond acceptors (Lipinski definition) is 5. The second kappa shape index (κ2) is 8.55. The number of carbonyl (C=O) groups is 1. The van der Waals surface area contributed by atoms with Crippen molar-refractivity contribution in [2.24, 2.45) is 5.92 Å². The van der Waals surface area contributed by atoms with Gasteiger partial charge in [-0.15, -0.1) is 0 Å². The minimum absolute atomic E-state index is 0.0317. The van der Waals surface area contributed by atoms with E-state index in [1.54, 1.807) is 23.1 Å². The van der Waals surface area contributed by atoms with Crippen LogP contribution in [0.25, 0.3) is 0 Å². The molecule has 174 valence electrons. The molecule has 0 unspecified atom stereocenters. The number of halogens is 3. The van der Waals surface area contributed by atoms with E-state index in [-0.39, 0.29) is 23.8 Å². The summed E-state index contributed by atoms with van der Waals surface area (Å²) in [7, 11) is 2.97. The topological polar surface area (TPSA) is 68.6 Å². The van der Waals surface area contributed by atoms with E-state index in [0.717, 1.165) is 17.5 Å². The summed E-state index contributed by atoms with van der Waals surface area (Å²) in [5.74, 6) is 1.31. The molecule has 32 heavy (non-hydrogen) atoms. The van der Waals surface area contributed by atoms with Crippen LogP contribution in [0.1, 0.15) is 54.3 Å². The van der Waals surface area contributed by atoms with Gasteiger partial charge in [-0.25, -0.2) is 4.68 Å². The third-order valence-corrected chi connectivity index (χ3v) is 6.29. The van der Waals surface area contributed by atoms with E-state index < -0.39 is 18.3 Å². The van der Waals surface area contributed by atoms with Gasteiger partial charge >= 0.3 is 6.18 Å². The quantitative estimate of drug-likeness (QED) is 0.743. The van der Waals surface area contributed by atoms with Gasteiger partial charge in [-0.3, -0.25) is 4.79 Å². The van der Waals surface area contributed by atoms with Gasteiger partial charge in [0, 0.05) is 25.6 Å². The largest absolute Gasteiger partial charge is 0.493 e. The Morgan fingerprint density at radius 3 is 2.44 bits per heavy atom. The number of nitrogens with zero attached hydrogens (tertiary/aromatic N) is 3. The minimum Gasteiger partial charge on any atom is -0.493 e. The van der Waals surface area contributed by atoms with Crippen molar-refractivity contribution in [2.45, 2.75) is 44.4 Å². The van der Waals surface area contributed by atoms with Gasteiger partial charge in [0.15, 0.2) is 23.2 Å². The number of alkyl halides is 3. The summed E-state index contributed by atoms with van der Waals surface area (Å²) >= 11 is 0. The molecule has 2 atom stereocenters. The first kappa shape index (κ1) is 22.3. The van der Waals surface area contributed by atoms with Crippen LogP contribution < -0.4 is 14.8 Å². The van der Waals surface area contributed by atoms with Crippen LogP contribution in [-0.4, -0.2) is 54.1 Å². The molecule has 10 heteroatoms. The number of likely N-dealkylation sites (tertiary alicyclic amines) is 1. The molecule has 1 amide bonds. The molecule has 0 aliphatic carbocycles. The number of piperidine rings is 1. The molecular formula is C22H27F3N4O3. The molecule has 0 spiro atoms. The Morgan fingerprint density at radius 2 is 1.81 bits per heavy atom. The molecule has 3 heterocycles. The highest BCUT2D eigenvalue weighted by atomic mass is 19.4. The van der Waals surface area contributed by atoms with Crippen LogP contribution in [0, 0.1) is 5.92 Å². The zero-order valence-electron chi connectivity index (χ0n) is 18.3. The molecule has 1 aromatic heterocycles. The molecular weight excluding hydrogens is 425 g/mol. The standard InChI is InChI=1S/C22H27F3N4O3/c1-13-6-8-28(9-7-13)21(30)16-12-20-26-15(11-19(22(23,24)25)29(20)27-16)14-4-5-17(31-2)18(10-14)32-3/h4-5,10,12-13,15,19,26H,6-9,11H2,1-3H3/t15-,19+/m1/s1. The van der Waals surface area contributed by atoms with Crippen molar-refractivity contribution in [1.82, 2.24) is 14.7 Å². The molecule has 0 radical (unpaired) electrons. The number of benzene rings is 1. The summed E-state index contributed by atoms with van der Waals surface area (Å²) in [4.78, 5) is 14.6. The van der Waals surface area contributed by atoms with Crippen molar-refractivity contribution in [3.05, 3.63) is 35.5 Å². The van der Waals surface area contributed by atoms with Crippen LogP contribution in [0.3, 0.4) is 0 Å². The molecule has 0 saturated carbocycles. The van der Waals surface area contributed by atoms with Crippen molar-refractivity contribution in [2.75, 3.05) is 32.6 Å². The first-order valence-electron chi connectivity index (χ1n) is 10.6. The Labute approximate surface area is 184 Å². The fraction of sp³-hybridized carbons (Fsp3) is 0.545. The molecule has 2 aliphatic heterocycles. The summed E-state index contributed by atoms with van der Waals surface area (Å²) < 4.78 is 53.3. The fourth-order valence-corrected chi connectivity index (χ4v) is 4.34. The number of rotatable bonds is 4. The predicted molar refractivity (Wildman–Crippen MR) is 112 cm³/mol. The normalized spacial score (nSPS) is 21.6. The second-order valence-electron chi connectivity index (χ2n) is 8.44. The highest BCUT2D eigenvalue weighted by Crippen LogP contribution is 2.44. The highest BCUT2D eigenvalue weighted by Gasteiger charge is 2.47. The fourth-order valence-electron chi connectivity index (χ4n) is 4.34. The number of fused-ring (bicyclic) bond motifs is 1. The summed E-state index contributed by atoms with van der Waals surface area (Å²) in [6.07, 6.45) is -3.02. The number of carbonyl (C=O) groups excluding carboxylic acids is 1. The molecule has 4 rings (SSSR count). The van der Waals surface area contributed by atoms with Gasteiger partial charge in [-0.2, -0.15) is 18.3 Å². The third-order valence-electron chi connectivity index (χ3n) is 6.29. The summed E-state index contributed by atoms with van der Waals surface area (Å²) in [6, 6.07) is 3.98. The van der Waals surface area contributed by atoms with Crippen LogP contribution in [0.2, 0.25) is 0 Å². The zero-order valence-corrected chi connectivity index (χ0v) is 18.3. The lowest BCUT2D eigenvalue weighted by Crippen LogP contribution is -2.38. The van der Waals surface area contributed by atoms with Crippen molar-refractivity contribution >= 4 is 11.7 Å². The van der Waals surface area contributed by atoms with Crippen molar-refractivity contribution in [1.29, 1.82) is 0 Å². The number of amides is 1. The van der Waals surface area contributed by atoms with Crippen LogP contribution in [0.15, 0.2) is 24.3 Å². The average Bonchev–Trinajstić information content (AvgIpc) is 3.21. The number of anilines is 1. The molecule has 1 N–H and O–H groups in total. The Balaban J connectivity index is 1.64. The number of nitrogens with one attached hydrogen (secondary N) is 1. The molecule has 1 saturated heterocycles. The van der Waals surface area contributed by atoms with Gasteiger partial charge in [0.2, 0.25) is 0 Å². The second-order valence-corrected chi connectivity index (χ2v) is 8.44. The van der Waals surface area contributed by atoms with Gasteiger partial charge < -0.3 is 19.7 Å². The smallest absolute Gasteiger partial charge is 0.410 e. The molecule has 1 aromatic carbocycles. The highest BCUT2D eigenvalue weighted by molar-refractivity contribution is 5.93. The van der Waals surface area contributed by atoms with Crippen LogP contribution in [-0.2, 0) is 0 Å². The average molecular weight is 452 g/mol. The predicted octanol–water partition coefficient (Wildman–Crippen LogP) is 4.43. The lowest BCUT2D eigenvalue weighted by Gasteiger charge is -2.33. The Kier molecular flexibility index (Phi) is 5.96. The lowest BCUT2D eigenvalue weighted by atomic mass is 9.96. The van der Waals surface area contributed by atoms with E-state index in [4.69, 9.17) is 9.47 Å². The number of aromatic nitrogens is 2. The van der Waals surface area contributed by atoms with Crippen LogP contribution in [0.5, 0.6) is 11.5 Å². The van der Waals surface area contributed by atoms with Gasteiger partial charge in [0.25, 0.3) is 5.91 Å². The van der Waals surface area contributed by atoms with Gasteiger partial charge in [-0.1, -0.05) is 13.0 Å². The molecule has 2 aromatic rings. The first-order chi connectivity index (χ1) is 15.2. The minimum atomic E-state index is -4.52. The van der Waals surface area contributed by atoms with Crippen LogP contribution >= 0.6 is 0 Å². The van der Waals surface area contributed by atoms with E-state index in [0.29, 0.717) is 36.1 Å². The summed E-state index contributed by atoms with van der Waals surface area (Å²) in [5.41, 5.74) is 0.659. The summed E-state index contributed by atoms with van der Waals surface area (Å²) in [6.45, 7) is 3.31. The van der Waals surface area contributed by atoms with Gasteiger partial charge in [0.05, 0.1) is 20.3 Å². The monoisotopic (exact) mass is 452 g/mol. The molecule has 7 nitrogen and oxygen atoms in total. The number of methoxy groups -OCH3 is 2. The van der Waals surface area contributed by atoms with Crippen molar-refractivity contribution in [3.63, 3.8) is 0 Å². The van der Waals surface area contributed by atoms with Crippen LogP contribution in [0.4, 0.5) is 19.0 Å². The maximum atomic E-state index is 14.0. The summed E-state index contributed by atoms with van der Waals surface area (Å²) in [5, 5.41) is 7.20. The van der Waals surface area contributed by atoms with E-state index >= 15 is 0 Å². The van der Waals surface area contributed by atoms with E-state index in [9.17, 15) is 18.0 Å². The Morgan fingerprint density at radius 1 is 1.12 bits per heavy atom.